The molecule has 90 valence electrons. The summed E-state index contributed by atoms with van der Waals surface area (Å²) in [7, 11) is 0. The average molecular weight is 233 g/mol. The largest absolute Gasteiger partial charge is 0.465 e. The van der Waals surface area contributed by atoms with Gasteiger partial charge in [0.05, 0.1) is 6.61 Å². The molecule has 1 atom stereocenters. The van der Waals surface area contributed by atoms with Gasteiger partial charge in [-0.1, -0.05) is 6.92 Å². The third-order valence-electron chi connectivity index (χ3n) is 2.07. The van der Waals surface area contributed by atoms with Crippen LogP contribution in [-0.2, 0) is 9.53 Å². The Labute approximate surface area is 97.1 Å². The Morgan fingerprint density at radius 3 is 2.60 bits per heavy atom. The lowest BCUT2D eigenvalue weighted by atomic mass is 9.98. The molecule has 0 aliphatic heterocycles. The molecule has 0 aromatic heterocycles. The molecule has 0 spiro atoms. The monoisotopic (exact) mass is 233 g/mol. The third kappa shape index (κ3) is 6.79. The number of thioether (sulfide) groups is 1. The van der Waals surface area contributed by atoms with Crippen molar-refractivity contribution in [1.82, 2.24) is 0 Å². The highest BCUT2D eigenvalue weighted by Crippen LogP contribution is 2.14. The van der Waals surface area contributed by atoms with E-state index in [1.807, 2.05) is 11.8 Å². The Morgan fingerprint density at radius 1 is 1.40 bits per heavy atom. The number of esters is 1. The lowest BCUT2D eigenvalue weighted by molar-refractivity contribution is -0.149. The highest BCUT2D eigenvalue weighted by molar-refractivity contribution is 7.99. The molecule has 3 nitrogen and oxygen atoms in total. The van der Waals surface area contributed by atoms with Crippen LogP contribution in [0.2, 0.25) is 0 Å². The van der Waals surface area contributed by atoms with Gasteiger partial charge in [-0.2, -0.15) is 11.8 Å². The SMILES string of the molecule is CCCSCCCC(C)(N)C(=O)OCC. The van der Waals surface area contributed by atoms with Crippen LogP contribution in [0.15, 0.2) is 0 Å². The first-order valence-corrected chi connectivity index (χ1v) is 6.74. The predicted octanol–water partition coefficient (Wildman–Crippen LogP) is 2.19. The zero-order valence-electron chi connectivity index (χ0n) is 10.0. The van der Waals surface area contributed by atoms with Gasteiger partial charge in [0.2, 0.25) is 0 Å². The molecule has 0 amide bonds. The maximum Gasteiger partial charge on any atom is 0.325 e. The lowest BCUT2D eigenvalue weighted by Gasteiger charge is -2.21. The fourth-order valence-electron chi connectivity index (χ4n) is 1.19. The van der Waals surface area contributed by atoms with E-state index in [0.717, 1.165) is 12.2 Å². The molecule has 4 heteroatoms. The molecule has 0 aromatic rings. The summed E-state index contributed by atoms with van der Waals surface area (Å²) in [6.45, 7) is 6.11. The molecule has 1 unspecified atom stereocenters. The number of carbonyl (C=O) groups excluding carboxylic acids is 1. The van der Waals surface area contributed by atoms with Gasteiger partial charge in [-0.3, -0.25) is 4.79 Å². The van der Waals surface area contributed by atoms with E-state index in [1.54, 1.807) is 13.8 Å². The highest BCUT2D eigenvalue weighted by atomic mass is 32.2. The van der Waals surface area contributed by atoms with Crippen molar-refractivity contribution in [2.45, 2.75) is 45.6 Å². The first-order chi connectivity index (χ1) is 7.04. The van der Waals surface area contributed by atoms with Crippen molar-refractivity contribution in [3.05, 3.63) is 0 Å². The number of hydrogen-bond acceptors (Lipinski definition) is 4. The van der Waals surface area contributed by atoms with Gasteiger partial charge in [0.1, 0.15) is 5.54 Å². The van der Waals surface area contributed by atoms with Crippen molar-refractivity contribution in [1.29, 1.82) is 0 Å². The molecule has 0 heterocycles. The first-order valence-electron chi connectivity index (χ1n) is 5.58. The molecule has 15 heavy (non-hydrogen) atoms. The van der Waals surface area contributed by atoms with Crippen LogP contribution in [0.5, 0.6) is 0 Å². The van der Waals surface area contributed by atoms with E-state index in [4.69, 9.17) is 10.5 Å². The second-order valence-electron chi connectivity index (χ2n) is 3.85. The zero-order chi connectivity index (χ0) is 11.7. The van der Waals surface area contributed by atoms with Crippen LogP contribution < -0.4 is 5.73 Å². The van der Waals surface area contributed by atoms with Crippen molar-refractivity contribution in [3.63, 3.8) is 0 Å². The quantitative estimate of drug-likeness (QED) is 0.516. The van der Waals surface area contributed by atoms with E-state index in [1.165, 1.54) is 12.2 Å². The van der Waals surface area contributed by atoms with Crippen LogP contribution in [0.25, 0.3) is 0 Å². The zero-order valence-corrected chi connectivity index (χ0v) is 10.9. The Kier molecular flexibility index (Phi) is 7.88. The summed E-state index contributed by atoms with van der Waals surface area (Å²) in [5.74, 6) is 1.96. The molecule has 0 saturated heterocycles. The topological polar surface area (TPSA) is 52.3 Å². The summed E-state index contributed by atoms with van der Waals surface area (Å²) in [6, 6.07) is 0. The second kappa shape index (κ2) is 7.99. The number of rotatable bonds is 8. The lowest BCUT2D eigenvalue weighted by Crippen LogP contribution is -2.46. The fraction of sp³-hybridized carbons (Fsp3) is 0.909. The van der Waals surface area contributed by atoms with Crippen molar-refractivity contribution in [2.75, 3.05) is 18.1 Å². The molecule has 2 N–H and O–H groups in total. The van der Waals surface area contributed by atoms with Crippen molar-refractivity contribution in [2.24, 2.45) is 5.73 Å². The van der Waals surface area contributed by atoms with Crippen LogP contribution in [0.4, 0.5) is 0 Å². The molecule has 0 rings (SSSR count). The van der Waals surface area contributed by atoms with E-state index in [-0.39, 0.29) is 5.97 Å². The minimum atomic E-state index is -0.817. The average Bonchev–Trinajstić information content (AvgIpc) is 2.18. The maximum atomic E-state index is 11.4. The van der Waals surface area contributed by atoms with E-state index < -0.39 is 5.54 Å². The van der Waals surface area contributed by atoms with Crippen LogP contribution in [-0.4, -0.2) is 29.6 Å². The first kappa shape index (κ1) is 14.8. The van der Waals surface area contributed by atoms with Gasteiger partial charge < -0.3 is 10.5 Å². The second-order valence-corrected chi connectivity index (χ2v) is 5.08. The van der Waals surface area contributed by atoms with Crippen LogP contribution in [0.3, 0.4) is 0 Å². The van der Waals surface area contributed by atoms with Gasteiger partial charge in [0, 0.05) is 0 Å². The summed E-state index contributed by atoms with van der Waals surface area (Å²) in [5, 5.41) is 0. The standard InChI is InChI=1S/C11H23NO2S/c1-4-8-15-9-6-7-11(3,12)10(13)14-5-2/h4-9,12H2,1-3H3. The minimum absolute atomic E-state index is 0.287. The summed E-state index contributed by atoms with van der Waals surface area (Å²) in [5.41, 5.74) is 5.06. The van der Waals surface area contributed by atoms with Crippen LogP contribution in [0.1, 0.15) is 40.0 Å². The predicted molar refractivity (Wildman–Crippen MR) is 66.1 cm³/mol. The molecular weight excluding hydrogens is 210 g/mol. The number of nitrogens with two attached hydrogens (primary N) is 1. The molecule has 0 fully saturated rings. The molecule has 0 bridgehead atoms. The van der Waals surface area contributed by atoms with E-state index in [9.17, 15) is 4.79 Å². The van der Waals surface area contributed by atoms with Gasteiger partial charge in [0.25, 0.3) is 0 Å². The number of hydrogen-bond donors (Lipinski definition) is 1. The van der Waals surface area contributed by atoms with Gasteiger partial charge in [0.15, 0.2) is 0 Å². The Morgan fingerprint density at radius 2 is 2.07 bits per heavy atom. The van der Waals surface area contributed by atoms with Crippen molar-refractivity contribution in [3.8, 4) is 0 Å². The van der Waals surface area contributed by atoms with Gasteiger partial charge in [-0.25, -0.2) is 0 Å². The summed E-state index contributed by atoms with van der Waals surface area (Å²) in [6.07, 6.45) is 2.86. The molecule has 0 saturated carbocycles. The van der Waals surface area contributed by atoms with E-state index >= 15 is 0 Å². The number of carbonyl (C=O) groups is 1. The van der Waals surface area contributed by atoms with E-state index in [2.05, 4.69) is 6.92 Å². The molecular formula is C11H23NO2S. The highest BCUT2D eigenvalue weighted by Gasteiger charge is 2.28. The van der Waals surface area contributed by atoms with Crippen LogP contribution in [0, 0.1) is 0 Å². The molecule has 0 aliphatic carbocycles. The van der Waals surface area contributed by atoms with Gasteiger partial charge in [-0.05, 0) is 44.6 Å². The van der Waals surface area contributed by atoms with E-state index in [0.29, 0.717) is 13.0 Å². The summed E-state index contributed by atoms with van der Waals surface area (Å²) < 4.78 is 4.91. The van der Waals surface area contributed by atoms with Crippen molar-refractivity contribution < 1.29 is 9.53 Å². The maximum absolute atomic E-state index is 11.4. The van der Waals surface area contributed by atoms with Crippen LogP contribution >= 0.6 is 11.8 Å². The summed E-state index contributed by atoms with van der Waals surface area (Å²) in [4.78, 5) is 11.4. The Bertz CT molecular complexity index is 183. The Hall–Kier alpha value is -0.220. The fourth-order valence-corrected chi connectivity index (χ4v) is 2.03. The van der Waals surface area contributed by atoms with Crippen molar-refractivity contribution >= 4 is 17.7 Å². The van der Waals surface area contributed by atoms with Gasteiger partial charge >= 0.3 is 5.97 Å². The molecule has 0 radical (unpaired) electrons. The van der Waals surface area contributed by atoms with Gasteiger partial charge in [-0.15, -0.1) is 0 Å². The molecule has 0 aliphatic rings. The normalized spacial score (nSPS) is 14.7. The third-order valence-corrected chi connectivity index (χ3v) is 3.35. The number of ether oxygens (including phenoxy) is 1. The molecule has 0 aromatic carbocycles. The smallest absolute Gasteiger partial charge is 0.325 e. The minimum Gasteiger partial charge on any atom is -0.465 e. The Balaban J connectivity index is 3.68. The summed E-state index contributed by atoms with van der Waals surface area (Å²) >= 11 is 1.91.